The van der Waals surface area contributed by atoms with Crippen LogP contribution in [0.25, 0.3) is 22.2 Å². The topological polar surface area (TPSA) is 12.9 Å². The van der Waals surface area contributed by atoms with Crippen LogP contribution in [0.15, 0.2) is 59.1 Å². The van der Waals surface area contributed by atoms with E-state index in [-0.39, 0.29) is 0 Å². The first-order chi connectivity index (χ1) is 13.3. The van der Waals surface area contributed by atoms with Crippen LogP contribution in [0.2, 0.25) is 16.6 Å². The van der Waals surface area contributed by atoms with Crippen molar-refractivity contribution < 1.29 is 0 Å². The molecule has 28 heavy (non-hydrogen) atoms. The summed E-state index contributed by atoms with van der Waals surface area (Å²) in [5.41, 5.74) is 7.03. The number of fused-ring (bicyclic) bond motifs is 1. The van der Waals surface area contributed by atoms with Crippen LogP contribution < -0.4 is 0 Å². The second-order valence-electron chi connectivity index (χ2n) is 8.92. The van der Waals surface area contributed by atoms with Gasteiger partial charge < -0.3 is 0 Å². The quantitative estimate of drug-likeness (QED) is 0.341. The van der Waals surface area contributed by atoms with E-state index in [4.69, 9.17) is 4.98 Å². The molecule has 0 fully saturated rings. The number of para-hydroxylation sites is 1. The molecule has 3 aromatic rings. The Labute approximate surface area is 179 Å². The third-order valence-corrected chi connectivity index (χ3v) is 14.7. The van der Waals surface area contributed by atoms with E-state index in [0.29, 0.717) is 0 Å². The highest BCUT2D eigenvalue weighted by Crippen LogP contribution is 2.45. The number of pyridine rings is 1. The van der Waals surface area contributed by atoms with E-state index in [0.717, 1.165) is 32.3 Å². The van der Waals surface area contributed by atoms with Crippen molar-refractivity contribution in [3.05, 3.63) is 64.6 Å². The van der Waals surface area contributed by atoms with Gasteiger partial charge in [-0.25, -0.2) is 4.98 Å². The van der Waals surface area contributed by atoms with Crippen LogP contribution >= 0.6 is 15.9 Å². The summed E-state index contributed by atoms with van der Waals surface area (Å²) in [4.78, 5) is 5.04. The van der Waals surface area contributed by atoms with Crippen LogP contribution in [0, 0.1) is 0 Å². The molecule has 1 aromatic heterocycles. The number of aromatic nitrogens is 1. The Bertz CT molecular complexity index is 926. The van der Waals surface area contributed by atoms with Crippen LogP contribution in [-0.2, 0) is 6.04 Å². The number of nitrogens with zero attached hydrogens (tertiary/aromatic N) is 1. The molecule has 0 spiro atoms. The second kappa shape index (κ2) is 8.50. The highest BCUT2D eigenvalue weighted by molar-refractivity contribution is 9.10. The lowest BCUT2D eigenvalue weighted by Crippen LogP contribution is -2.47. The van der Waals surface area contributed by atoms with Crippen molar-refractivity contribution in [2.45, 2.75) is 64.2 Å². The van der Waals surface area contributed by atoms with E-state index < -0.39 is 8.07 Å². The number of hydrogen-bond donors (Lipinski definition) is 0. The SMILES string of the molecule is CC(C)[Si](Cc1cc(-c2ccccc2)nc2c(Br)cccc12)(C(C)C)C(C)C. The summed E-state index contributed by atoms with van der Waals surface area (Å²) in [5, 5.41) is 1.30. The molecule has 0 aliphatic heterocycles. The zero-order valence-electron chi connectivity index (χ0n) is 18.0. The lowest BCUT2D eigenvalue weighted by molar-refractivity contribution is 0.798. The minimum Gasteiger partial charge on any atom is -0.247 e. The highest BCUT2D eigenvalue weighted by atomic mass is 79.9. The average molecular weight is 455 g/mol. The minimum atomic E-state index is -1.57. The van der Waals surface area contributed by atoms with Gasteiger partial charge in [0.2, 0.25) is 0 Å². The fourth-order valence-corrected chi connectivity index (χ4v) is 11.8. The summed E-state index contributed by atoms with van der Waals surface area (Å²) in [5.74, 6) is 0. The molecule has 0 unspecified atom stereocenters. The smallest absolute Gasteiger partial charge is 0.0854 e. The van der Waals surface area contributed by atoms with Gasteiger partial charge in [-0.15, -0.1) is 0 Å². The molecular weight excluding hydrogens is 422 g/mol. The molecule has 0 saturated carbocycles. The molecule has 1 heterocycles. The van der Waals surface area contributed by atoms with E-state index in [2.05, 4.69) is 112 Å². The normalized spacial score (nSPS) is 12.5. The maximum absolute atomic E-state index is 5.04. The van der Waals surface area contributed by atoms with Gasteiger partial charge in [0, 0.05) is 15.4 Å². The highest BCUT2D eigenvalue weighted by Gasteiger charge is 2.42. The third kappa shape index (κ3) is 3.84. The summed E-state index contributed by atoms with van der Waals surface area (Å²) in [6.07, 6.45) is 0. The van der Waals surface area contributed by atoms with Crippen molar-refractivity contribution in [2.75, 3.05) is 0 Å². The summed E-state index contributed by atoms with van der Waals surface area (Å²) in [6, 6.07) is 20.6. The molecule has 0 N–H and O–H groups in total. The van der Waals surface area contributed by atoms with Crippen molar-refractivity contribution in [3.8, 4) is 11.3 Å². The van der Waals surface area contributed by atoms with E-state index in [1.807, 2.05) is 0 Å². The first kappa shape index (κ1) is 21.3. The molecule has 3 rings (SSSR count). The maximum Gasteiger partial charge on any atom is 0.0854 e. The average Bonchev–Trinajstić information content (AvgIpc) is 2.66. The van der Waals surface area contributed by atoms with E-state index in [9.17, 15) is 0 Å². The van der Waals surface area contributed by atoms with Gasteiger partial charge >= 0.3 is 0 Å². The van der Waals surface area contributed by atoms with Gasteiger partial charge in [0.1, 0.15) is 0 Å². The Morgan fingerprint density at radius 2 is 1.43 bits per heavy atom. The van der Waals surface area contributed by atoms with Gasteiger partial charge in [-0.1, -0.05) is 101 Å². The van der Waals surface area contributed by atoms with Gasteiger partial charge in [0.05, 0.1) is 19.3 Å². The Balaban J connectivity index is 2.26. The van der Waals surface area contributed by atoms with E-state index in [1.165, 1.54) is 22.6 Å². The molecule has 2 aromatic carbocycles. The minimum absolute atomic E-state index is 0.739. The van der Waals surface area contributed by atoms with Crippen LogP contribution in [0.3, 0.4) is 0 Å². The summed E-state index contributed by atoms with van der Waals surface area (Å²) in [7, 11) is -1.57. The lowest BCUT2D eigenvalue weighted by atomic mass is 10.1. The zero-order valence-corrected chi connectivity index (χ0v) is 20.5. The second-order valence-corrected chi connectivity index (χ2v) is 15.8. The standard InChI is InChI=1S/C25H32BrNSi/c1-17(2)28(18(3)4,19(5)6)16-21-15-24(20-11-8-7-9-12-20)27-25-22(21)13-10-14-23(25)26/h7-15,17-19H,16H2,1-6H3. The molecule has 0 amide bonds. The number of benzene rings is 2. The number of halogens is 1. The Morgan fingerprint density at radius 1 is 0.821 bits per heavy atom. The van der Waals surface area contributed by atoms with Gasteiger partial charge in [0.25, 0.3) is 0 Å². The molecule has 0 atom stereocenters. The van der Waals surface area contributed by atoms with Gasteiger partial charge in [0.15, 0.2) is 0 Å². The molecular formula is C25H32BrNSi. The molecule has 3 heteroatoms. The van der Waals surface area contributed by atoms with Gasteiger partial charge in [-0.2, -0.15) is 0 Å². The molecule has 148 valence electrons. The third-order valence-electron chi connectivity index (χ3n) is 6.67. The maximum atomic E-state index is 5.04. The molecule has 0 aliphatic carbocycles. The van der Waals surface area contributed by atoms with E-state index in [1.54, 1.807) is 0 Å². The fourth-order valence-electron chi connectivity index (χ4n) is 5.13. The Kier molecular flexibility index (Phi) is 6.46. The Hall–Kier alpha value is -1.45. The largest absolute Gasteiger partial charge is 0.247 e. The van der Waals surface area contributed by atoms with Crippen LogP contribution in [0.4, 0.5) is 0 Å². The Morgan fingerprint density at radius 3 is 2.00 bits per heavy atom. The van der Waals surface area contributed by atoms with Crippen molar-refractivity contribution >= 4 is 34.9 Å². The molecule has 1 nitrogen and oxygen atoms in total. The monoisotopic (exact) mass is 453 g/mol. The molecule has 0 bridgehead atoms. The van der Waals surface area contributed by atoms with E-state index >= 15 is 0 Å². The molecule has 0 saturated heterocycles. The molecule has 0 radical (unpaired) electrons. The summed E-state index contributed by atoms with van der Waals surface area (Å²) >= 11 is 3.75. The van der Waals surface area contributed by atoms with Crippen molar-refractivity contribution in [1.29, 1.82) is 0 Å². The van der Waals surface area contributed by atoms with Crippen LogP contribution in [-0.4, -0.2) is 13.1 Å². The summed E-state index contributed by atoms with van der Waals surface area (Å²) in [6.45, 7) is 14.7. The van der Waals surface area contributed by atoms with Crippen molar-refractivity contribution in [1.82, 2.24) is 4.98 Å². The zero-order chi connectivity index (χ0) is 20.5. The van der Waals surface area contributed by atoms with Crippen LogP contribution in [0.1, 0.15) is 47.1 Å². The number of hydrogen-bond acceptors (Lipinski definition) is 1. The molecule has 0 aliphatic rings. The first-order valence-electron chi connectivity index (χ1n) is 10.4. The summed E-state index contributed by atoms with van der Waals surface area (Å²) < 4.78 is 1.08. The fraction of sp³-hybridized carbons (Fsp3) is 0.400. The predicted molar refractivity (Wildman–Crippen MR) is 130 cm³/mol. The van der Waals surface area contributed by atoms with Gasteiger partial charge in [-0.3, -0.25) is 0 Å². The predicted octanol–water partition coefficient (Wildman–Crippen LogP) is 8.42. The lowest BCUT2D eigenvalue weighted by Gasteiger charge is -2.43. The van der Waals surface area contributed by atoms with Crippen molar-refractivity contribution in [3.63, 3.8) is 0 Å². The van der Waals surface area contributed by atoms with Crippen LogP contribution in [0.5, 0.6) is 0 Å². The van der Waals surface area contributed by atoms with Crippen molar-refractivity contribution in [2.24, 2.45) is 0 Å². The number of rotatable bonds is 6. The van der Waals surface area contributed by atoms with Gasteiger partial charge in [-0.05, 0) is 39.7 Å². The first-order valence-corrected chi connectivity index (χ1v) is 13.6.